The highest BCUT2D eigenvalue weighted by atomic mass is 16.5. The molecule has 8 nitrogen and oxygen atoms in total. The number of carbonyl (C=O) groups is 2. The normalized spacial score (nSPS) is 11.4. The Morgan fingerprint density at radius 1 is 1.23 bits per heavy atom. The quantitative estimate of drug-likeness (QED) is 0.361. The average Bonchev–Trinajstić information content (AvgIpc) is 3.30. The second kappa shape index (κ2) is 8.12. The van der Waals surface area contributed by atoms with Gasteiger partial charge in [-0.1, -0.05) is 18.2 Å². The highest BCUT2D eigenvalue weighted by Crippen LogP contribution is 2.24. The van der Waals surface area contributed by atoms with E-state index in [4.69, 9.17) is 14.3 Å². The number of hydrogen-bond donors (Lipinski definition) is 2. The number of nitrogens with zero attached hydrogens (tertiary/aromatic N) is 2. The minimum absolute atomic E-state index is 0.129. The van der Waals surface area contributed by atoms with Crippen LogP contribution in [0, 0.1) is 0 Å². The molecule has 0 aliphatic carbocycles. The molecule has 2 aromatic heterocycles. The van der Waals surface area contributed by atoms with E-state index in [0.717, 1.165) is 16.3 Å². The molecule has 0 bridgehead atoms. The van der Waals surface area contributed by atoms with E-state index in [-0.39, 0.29) is 12.3 Å². The average molecular weight is 405 g/mol. The van der Waals surface area contributed by atoms with Crippen LogP contribution in [-0.2, 0) is 11.3 Å². The van der Waals surface area contributed by atoms with E-state index in [1.54, 1.807) is 35.0 Å². The van der Waals surface area contributed by atoms with Gasteiger partial charge in [-0.3, -0.25) is 9.59 Å². The van der Waals surface area contributed by atoms with Gasteiger partial charge < -0.3 is 18.8 Å². The Bertz CT molecular complexity index is 1270. The molecule has 1 amide bonds. The monoisotopic (exact) mass is 405 g/mol. The van der Waals surface area contributed by atoms with Gasteiger partial charge in [0.15, 0.2) is 5.76 Å². The van der Waals surface area contributed by atoms with E-state index in [1.807, 2.05) is 31.2 Å². The molecule has 0 saturated carbocycles. The lowest BCUT2D eigenvalue weighted by Crippen LogP contribution is -2.16. The second-order valence-corrected chi connectivity index (χ2v) is 6.57. The number of ether oxygens (including phenoxy) is 1. The van der Waals surface area contributed by atoms with Crippen molar-refractivity contribution in [1.29, 1.82) is 0 Å². The van der Waals surface area contributed by atoms with Gasteiger partial charge in [-0.15, -0.1) is 0 Å². The summed E-state index contributed by atoms with van der Waals surface area (Å²) < 4.78 is 12.6. The first-order valence-electron chi connectivity index (χ1n) is 9.34. The number of aliphatic carboxylic acids is 1. The van der Waals surface area contributed by atoms with Crippen molar-refractivity contribution in [2.75, 3.05) is 6.61 Å². The molecule has 30 heavy (non-hydrogen) atoms. The molecule has 2 heterocycles. The first-order valence-corrected chi connectivity index (χ1v) is 9.34. The molecule has 2 N–H and O–H groups in total. The highest BCUT2D eigenvalue weighted by Gasteiger charge is 2.13. The summed E-state index contributed by atoms with van der Waals surface area (Å²) in [4.78, 5) is 23.5. The van der Waals surface area contributed by atoms with Gasteiger partial charge in [-0.25, -0.2) is 5.43 Å². The molecule has 4 rings (SSSR count). The van der Waals surface area contributed by atoms with Gasteiger partial charge in [0, 0.05) is 28.0 Å². The third-order valence-electron chi connectivity index (χ3n) is 4.52. The number of carboxylic acids is 1. The molecule has 0 saturated heterocycles. The van der Waals surface area contributed by atoms with Crippen molar-refractivity contribution in [3.05, 3.63) is 66.1 Å². The van der Waals surface area contributed by atoms with Crippen LogP contribution in [0.5, 0.6) is 5.75 Å². The number of aromatic nitrogens is 1. The maximum Gasteiger partial charge on any atom is 0.323 e. The topological polar surface area (TPSA) is 106 Å². The lowest BCUT2D eigenvalue weighted by atomic mass is 10.2. The summed E-state index contributed by atoms with van der Waals surface area (Å²) >= 11 is 0. The molecule has 2 aromatic carbocycles. The number of amides is 1. The van der Waals surface area contributed by atoms with Crippen molar-refractivity contribution in [3.8, 4) is 5.75 Å². The summed E-state index contributed by atoms with van der Waals surface area (Å²) in [7, 11) is 0. The molecular weight excluding hydrogens is 386 g/mol. The fraction of sp³-hybridized carbons (Fsp3) is 0.136. The largest absolute Gasteiger partial charge is 0.494 e. The highest BCUT2D eigenvalue weighted by molar-refractivity contribution is 6.01. The Kier molecular flexibility index (Phi) is 5.21. The van der Waals surface area contributed by atoms with Crippen LogP contribution >= 0.6 is 0 Å². The number of carbonyl (C=O) groups excluding carboxylic acids is 1. The van der Waals surface area contributed by atoms with Gasteiger partial charge in [0.2, 0.25) is 0 Å². The molecule has 0 aliphatic rings. The number of nitrogens with one attached hydrogen (secondary N) is 1. The Balaban J connectivity index is 1.52. The summed E-state index contributed by atoms with van der Waals surface area (Å²) in [5, 5.41) is 14.7. The second-order valence-electron chi connectivity index (χ2n) is 6.57. The van der Waals surface area contributed by atoms with Crippen LogP contribution in [0.25, 0.3) is 21.9 Å². The van der Waals surface area contributed by atoms with Crippen LogP contribution in [0.2, 0.25) is 0 Å². The van der Waals surface area contributed by atoms with Crippen molar-refractivity contribution in [2.24, 2.45) is 5.10 Å². The zero-order valence-corrected chi connectivity index (χ0v) is 16.2. The van der Waals surface area contributed by atoms with E-state index in [1.165, 1.54) is 6.21 Å². The predicted octanol–water partition coefficient (Wildman–Crippen LogP) is 3.63. The number of rotatable bonds is 7. The molecule has 0 aliphatic heterocycles. The van der Waals surface area contributed by atoms with Crippen molar-refractivity contribution in [1.82, 2.24) is 9.99 Å². The standard InChI is InChI=1S/C22H19N3O5/c1-2-29-16-7-8-19-14(9-16)10-20(30-19)22(28)24-23-11-15-12-25(13-21(26)27)18-6-4-3-5-17(15)18/h3-12H,2,13H2,1H3,(H,24,28)(H,26,27)/b23-11+. The number of hydrogen-bond acceptors (Lipinski definition) is 5. The van der Waals surface area contributed by atoms with Crippen molar-refractivity contribution < 1.29 is 23.8 Å². The summed E-state index contributed by atoms with van der Waals surface area (Å²) in [6.07, 6.45) is 3.17. The SMILES string of the molecule is CCOc1ccc2oc(C(=O)N/N=C/c3cn(CC(=O)O)c4ccccc34)cc2c1. The Hall–Kier alpha value is -4.07. The number of benzene rings is 2. The molecule has 0 unspecified atom stereocenters. The number of fused-ring (bicyclic) bond motifs is 2. The number of carboxylic acid groups (broad SMARTS) is 1. The Morgan fingerprint density at radius 2 is 2.07 bits per heavy atom. The third kappa shape index (κ3) is 3.88. The predicted molar refractivity (Wildman–Crippen MR) is 112 cm³/mol. The van der Waals surface area contributed by atoms with Gasteiger partial charge >= 0.3 is 11.9 Å². The van der Waals surface area contributed by atoms with Crippen LogP contribution in [0.15, 0.2) is 64.2 Å². The summed E-state index contributed by atoms with van der Waals surface area (Å²) in [5.41, 5.74) is 4.48. The van der Waals surface area contributed by atoms with Gasteiger partial charge in [0.25, 0.3) is 0 Å². The molecule has 152 valence electrons. The third-order valence-corrected chi connectivity index (χ3v) is 4.52. The van der Waals surface area contributed by atoms with Crippen LogP contribution in [-0.4, -0.2) is 34.4 Å². The summed E-state index contributed by atoms with van der Waals surface area (Å²) in [6, 6.07) is 14.3. The summed E-state index contributed by atoms with van der Waals surface area (Å²) in [5.74, 6) is -0.600. The van der Waals surface area contributed by atoms with Crippen molar-refractivity contribution in [3.63, 3.8) is 0 Å². The molecular formula is C22H19N3O5. The van der Waals surface area contributed by atoms with E-state index >= 15 is 0 Å². The lowest BCUT2D eigenvalue weighted by molar-refractivity contribution is -0.137. The zero-order chi connectivity index (χ0) is 21.1. The number of furan rings is 1. The molecule has 4 aromatic rings. The minimum atomic E-state index is -0.940. The zero-order valence-electron chi connectivity index (χ0n) is 16.2. The first-order chi connectivity index (χ1) is 14.5. The van der Waals surface area contributed by atoms with Crippen LogP contribution in [0.4, 0.5) is 0 Å². The van der Waals surface area contributed by atoms with E-state index < -0.39 is 11.9 Å². The van der Waals surface area contributed by atoms with Gasteiger partial charge in [-0.2, -0.15) is 5.10 Å². The van der Waals surface area contributed by atoms with Crippen LogP contribution < -0.4 is 10.2 Å². The van der Waals surface area contributed by atoms with Crippen LogP contribution in [0.1, 0.15) is 23.0 Å². The number of hydrazone groups is 1. The maximum absolute atomic E-state index is 12.4. The molecule has 0 atom stereocenters. The fourth-order valence-electron chi connectivity index (χ4n) is 3.26. The smallest absolute Gasteiger partial charge is 0.323 e. The molecule has 0 spiro atoms. The molecule has 0 fully saturated rings. The minimum Gasteiger partial charge on any atom is -0.494 e. The van der Waals surface area contributed by atoms with Gasteiger partial charge in [-0.05, 0) is 37.3 Å². The maximum atomic E-state index is 12.4. The first kappa shape index (κ1) is 19.3. The molecule has 0 radical (unpaired) electrons. The Morgan fingerprint density at radius 3 is 2.87 bits per heavy atom. The van der Waals surface area contributed by atoms with Crippen LogP contribution in [0.3, 0.4) is 0 Å². The van der Waals surface area contributed by atoms with Gasteiger partial charge in [0.05, 0.1) is 12.8 Å². The van der Waals surface area contributed by atoms with E-state index in [9.17, 15) is 9.59 Å². The summed E-state index contributed by atoms with van der Waals surface area (Å²) in [6.45, 7) is 2.28. The van der Waals surface area contributed by atoms with E-state index in [2.05, 4.69) is 10.5 Å². The van der Waals surface area contributed by atoms with E-state index in [0.29, 0.717) is 23.5 Å². The lowest BCUT2D eigenvalue weighted by Gasteiger charge is -2.00. The fourth-order valence-corrected chi connectivity index (χ4v) is 3.26. The van der Waals surface area contributed by atoms with Crippen molar-refractivity contribution >= 4 is 40.0 Å². The number of para-hydroxylation sites is 1. The van der Waals surface area contributed by atoms with Crippen molar-refractivity contribution in [2.45, 2.75) is 13.5 Å². The van der Waals surface area contributed by atoms with Gasteiger partial charge in [0.1, 0.15) is 17.9 Å². The molecule has 8 heteroatoms. The Labute approximate surface area is 171 Å².